The fourth-order valence-corrected chi connectivity index (χ4v) is 5.63. The van der Waals surface area contributed by atoms with Crippen molar-refractivity contribution in [2.75, 3.05) is 5.32 Å². The molecule has 0 bridgehead atoms. The van der Waals surface area contributed by atoms with Gasteiger partial charge in [0.05, 0.1) is 28.6 Å². The van der Waals surface area contributed by atoms with Gasteiger partial charge in [0.2, 0.25) is 0 Å². The number of aromatic hydroxyl groups is 1. The Bertz CT molecular complexity index is 1840. The molecule has 0 aliphatic heterocycles. The van der Waals surface area contributed by atoms with Gasteiger partial charge in [-0.05, 0) is 48.2 Å². The molecule has 2 aromatic carbocycles. The number of benzene rings is 2. The number of urea groups is 1. The summed E-state index contributed by atoms with van der Waals surface area (Å²) in [5.74, 6) is 2.26. The molecule has 2 atom stereocenters. The number of aromatic nitrogens is 5. The van der Waals surface area contributed by atoms with Crippen LogP contribution in [0.4, 0.5) is 10.6 Å². The van der Waals surface area contributed by atoms with E-state index in [2.05, 4.69) is 40.7 Å². The number of carbonyl (C=O) groups is 1. The van der Waals surface area contributed by atoms with E-state index in [0.29, 0.717) is 17.9 Å². The molecule has 0 radical (unpaired) electrons. The van der Waals surface area contributed by atoms with Crippen molar-refractivity contribution >= 4 is 29.1 Å². The highest BCUT2D eigenvalue weighted by Gasteiger charge is 2.30. The van der Waals surface area contributed by atoms with E-state index in [-0.39, 0.29) is 40.3 Å². The lowest BCUT2D eigenvalue weighted by Crippen LogP contribution is -2.36. The number of nitrogens with one attached hydrogen (secondary N) is 2. The van der Waals surface area contributed by atoms with Crippen LogP contribution in [0.5, 0.6) is 11.5 Å². The van der Waals surface area contributed by atoms with E-state index in [1.165, 1.54) is 6.07 Å². The summed E-state index contributed by atoms with van der Waals surface area (Å²) in [6.45, 7) is 10.3. The van der Waals surface area contributed by atoms with Crippen LogP contribution in [0.3, 0.4) is 0 Å². The number of halogens is 1. The molecule has 3 aromatic heterocycles. The maximum Gasteiger partial charge on any atom is 0.320 e. The summed E-state index contributed by atoms with van der Waals surface area (Å²) in [5, 5.41) is 29.9. The van der Waals surface area contributed by atoms with E-state index < -0.39 is 0 Å². The number of phenolic OH excluding ortho intramolecular Hbond substituents is 1. The Balaban J connectivity index is 1.22. The number of amides is 2. The Morgan fingerprint density at radius 3 is 2.55 bits per heavy atom. The third kappa shape index (κ3) is 5.81. The van der Waals surface area contributed by atoms with E-state index >= 15 is 0 Å². The molecule has 6 rings (SSSR count). The highest BCUT2D eigenvalue weighted by molar-refractivity contribution is 6.32. The second-order valence-corrected chi connectivity index (χ2v) is 12.9. The quantitative estimate of drug-likeness (QED) is 0.183. The maximum absolute atomic E-state index is 13.4. The third-order valence-electron chi connectivity index (χ3n) is 7.83. The highest BCUT2D eigenvalue weighted by atomic mass is 35.5. The van der Waals surface area contributed by atoms with Gasteiger partial charge in [0.25, 0.3) is 0 Å². The van der Waals surface area contributed by atoms with Crippen LogP contribution >= 0.6 is 11.6 Å². The number of phenols is 1. The number of fused-ring (bicyclic) bond motifs is 2. The van der Waals surface area contributed by atoms with Crippen molar-refractivity contribution in [1.82, 2.24) is 29.7 Å². The van der Waals surface area contributed by atoms with Gasteiger partial charge in [0, 0.05) is 23.5 Å². The van der Waals surface area contributed by atoms with E-state index in [1.54, 1.807) is 16.8 Å². The summed E-state index contributed by atoms with van der Waals surface area (Å²) < 4.78 is 10.1. The lowest BCUT2D eigenvalue weighted by molar-refractivity contribution is 0.171. The first-order valence-corrected chi connectivity index (χ1v) is 15.1. The number of carbonyl (C=O) groups excluding carboxylic acids is 1. The zero-order valence-electron chi connectivity index (χ0n) is 25.4. The molecule has 3 heterocycles. The van der Waals surface area contributed by atoms with Crippen molar-refractivity contribution in [3.8, 4) is 17.2 Å². The number of rotatable bonds is 6. The second-order valence-electron chi connectivity index (χ2n) is 12.5. The number of pyridine rings is 1. The summed E-state index contributed by atoms with van der Waals surface area (Å²) in [5.41, 5.74) is 3.93. The molecule has 1 aliphatic carbocycles. The van der Waals surface area contributed by atoms with Crippen LogP contribution in [0.2, 0.25) is 5.02 Å². The van der Waals surface area contributed by atoms with Crippen LogP contribution in [0, 0.1) is 0 Å². The van der Waals surface area contributed by atoms with Crippen LogP contribution < -0.4 is 15.4 Å². The van der Waals surface area contributed by atoms with Crippen molar-refractivity contribution in [2.45, 2.75) is 70.9 Å². The zero-order valence-corrected chi connectivity index (χ0v) is 26.1. The van der Waals surface area contributed by atoms with E-state index in [0.717, 1.165) is 40.5 Å². The molecular weight excluding hydrogens is 578 g/mol. The molecule has 0 fully saturated rings. The Kier molecular flexibility index (Phi) is 7.71. The number of anilines is 1. The maximum atomic E-state index is 13.4. The first-order valence-electron chi connectivity index (χ1n) is 14.7. The van der Waals surface area contributed by atoms with Gasteiger partial charge in [-0.25, -0.2) is 9.48 Å². The minimum Gasteiger partial charge on any atom is -0.506 e. The summed E-state index contributed by atoms with van der Waals surface area (Å²) >= 11 is 6.04. The molecule has 5 aromatic rings. The number of hydrogen-bond donors (Lipinski definition) is 3. The Hall–Kier alpha value is -4.57. The summed E-state index contributed by atoms with van der Waals surface area (Å²) in [6, 6.07) is 18.0. The van der Waals surface area contributed by atoms with E-state index in [4.69, 9.17) is 21.4 Å². The van der Waals surface area contributed by atoms with Crippen molar-refractivity contribution in [3.63, 3.8) is 0 Å². The first-order chi connectivity index (χ1) is 21.0. The second kappa shape index (κ2) is 11.5. The van der Waals surface area contributed by atoms with Crippen LogP contribution in [0.1, 0.15) is 88.2 Å². The molecule has 0 unspecified atom stereocenters. The summed E-state index contributed by atoms with van der Waals surface area (Å²) in [4.78, 5) is 13.4. The van der Waals surface area contributed by atoms with Crippen LogP contribution in [-0.2, 0) is 5.41 Å². The molecule has 2 amide bonds. The Morgan fingerprint density at radius 1 is 1.05 bits per heavy atom. The van der Waals surface area contributed by atoms with Crippen LogP contribution in [0.15, 0.2) is 66.9 Å². The van der Waals surface area contributed by atoms with Gasteiger partial charge >= 0.3 is 6.03 Å². The monoisotopic (exact) mass is 613 g/mol. The van der Waals surface area contributed by atoms with E-state index in [9.17, 15) is 9.90 Å². The Morgan fingerprint density at radius 2 is 1.82 bits per heavy atom. The average molecular weight is 614 g/mol. The molecule has 228 valence electrons. The van der Waals surface area contributed by atoms with Gasteiger partial charge in [0.15, 0.2) is 5.65 Å². The van der Waals surface area contributed by atoms with Gasteiger partial charge in [-0.1, -0.05) is 70.5 Å². The topological polar surface area (TPSA) is 119 Å². The molecule has 0 spiro atoms. The van der Waals surface area contributed by atoms with Gasteiger partial charge in [-0.3, -0.25) is 9.72 Å². The third-order valence-corrected chi connectivity index (χ3v) is 8.15. The predicted octanol–water partition coefficient (Wildman–Crippen LogP) is 7.47. The van der Waals surface area contributed by atoms with Gasteiger partial charge < -0.3 is 15.2 Å². The number of hydrogen-bond acceptors (Lipinski definition) is 6. The molecular formula is C33H36ClN7O3. The normalized spacial score (nSPS) is 16.6. The standard InChI is InChI=1S/C33H36ClN7O3/c1-19(2)31-38-37-29-15-11-21(18-40(29)31)44-27-14-13-25(22-8-6-7-9-23(22)27)35-32(43)36-30-17-28(33(3,4)5)39-41(30)20-10-12-24(34)26(42)16-20/h6-12,15-19,25,27,42H,13-14H2,1-5H3,(H2,35,36,43)/t25-,27-/m0/s1. The smallest absolute Gasteiger partial charge is 0.320 e. The van der Waals surface area contributed by atoms with Crippen molar-refractivity contribution < 1.29 is 14.6 Å². The molecule has 1 aliphatic rings. The summed E-state index contributed by atoms with van der Waals surface area (Å²) in [6.07, 6.45) is 3.19. The lowest BCUT2D eigenvalue weighted by atomic mass is 9.85. The van der Waals surface area contributed by atoms with Gasteiger partial charge in [0.1, 0.15) is 29.2 Å². The average Bonchev–Trinajstić information content (AvgIpc) is 3.60. The van der Waals surface area contributed by atoms with Gasteiger partial charge in [-0.2, -0.15) is 5.10 Å². The molecule has 3 N–H and O–H groups in total. The van der Waals surface area contributed by atoms with Crippen molar-refractivity contribution in [1.29, 1.82) is 0 Å². The molecule has 0 saturated heterocycles. The molecule has 11 heteroatoms. The van der Waals surface area contributed by atoms with Crippen LogP contribution in [0.25, 0.3) is 11.3 Å². The summed E-state index contributed by atoms with van der Waals surface area (Å²) in [7, 11) is 0. The van der Waals surface area contributed by atoms with Gasteiger partial charge in [-0.15, -0.1) is 10.2 Å². The highest BCUT2D eigenvalue weighted by Crippen LogP contribution is 2.39. The number of ether oxygens (including phenoxy) is 1. The van der Waals surface area contributed by atoms with Crippen molar-refractivity contribution in [3.05, 3.63) is 94.5 Å². The predicted molar refractivity (Wildman–Crippen MR) is 170 cm³/mol. The van der Waals surface area contributed by atoms with Crippen molar-refractivity contribution in [2.24, 2.45) is 0 Å². The SMILES string of the molecule is CC(C)c1nnc2ccc(O[C@H]3CC[C@H](NC(=O)Nc4cc(C(C)(C)C)nn4-c4ccc(Cl)c(O)c4)c4ccccc43)cn12. The lowest BCUT2D eigenvalue weighted by Gasteiger charge is -2.32. The molecule has 10 nitrogen and oxygen atoms in total. The molecule has 44 heavy (non-hydrogen) atoms. The van der Waals surface area contributed by atoms with E-state index in [1.807, 2.05) is 67.8 Å². The fourth-order valence-electron chi connectivity index (χ4n) is 5.52. The molecule has 0 saturated carbocycles. The largest absolute Gasteiger partial charge is 0.506 e. The minimum absolute atomic E-state index is 0.0649. The zero-order chi connectivity index (χ0) is 31.2. The Labute approximate surface area is 261 Å². The first kappa shape index (κ1) is 29.5. The van der Waals surface area contributed by atoms with Crippen LogP contribution in [-0.4, -0.2) is 35.5 Å². The fraction of sp³-hybridized carbons (Fsp3) is 0.333. The number of nitrogens with zero attached hydrogens (tertiary/aromatic N) is 5. The minimum atomic E-state index is -0.358.